The van der Waals surface area contributed by atoms with Gasteiger partial charge in [0.05, 0.1) is 27.7 Å². The van der Waals surface area contributed by atoms with E-state index in [0.717, 1.165) is 38.5 Å². The number of hydrogen-bond acceptors (Lipinski definition) is 8. The van der Waals surface area contributed by atoms with Crippen molar-refractivity contribution < 1.29 is 42.1 Å². The van der Waals surface area contributed by atoms with Crippen LogP contribution in [0.1, 0.15) is 418 Å². The lowest BCUT2D eigenvalue weighted by atomic mass is 10.0. The molecule has 2 unspecified atom stereocenters. The van der Waals surface area contributed by atoms with E-state index in [1.165, 1.54) is 347 Å². The van der Waals surface area contributed by atoms with Crippen LogP contribution in [-0.4, -0.2) is 70.0 Å². The predicted octanol–water partition coefficient (Wildman–Crippen LogP) is 25.4. The lowest BCUT2D eigenvalue weighted by Gasteiger charge is -2.28. The topological polar surface area (TPSA) is 111 Å². The summed E-state index contributed by atoms with van der Waals surface area (Å²) in [7, 11) is 1.19. The molecule has 0 aromatic rings. The number of rotatable bonds is 75. The van der Waals surface area contributed by atoms with Gasteiger partial charge in [0.1, 0.15) is 19.8 Å². The molecule has 0 aliphatic rings. The van der Waals surface area contributed by atoms with E-state index < -0.39 is 26.5 Å². The van der Waals surface area contributed by atoms with E-state index in [4.69, 9.17) is 18.5 Å². The molecule has 0 fully saturated rings. The summed E-state index contributed by atoms with van der Waals surface area (Å²) in [4.78, 5) is 38.1. The van der Waals surface area contributed by atoms with Gasteiger partial charge in [-0.3, -0.25) is 14.2 Å². The van der Waals surface area contributed by atoms with E-state index in [0.29, 0.717) is 17.4 Å². The van der Waals surface area contributed by atoms with Crippen LogP contribution in [0.4, 0.5) is 0 Å². The number of allylic oxidation sites excluding steroid dienone is 4. The van der Waals surface area contributed by atoms with Crippen LogP contribution in [0.15, 0.2) is 24.3 Å². The Morgan fingerprint density at radius 3 is 0.888 bits per heavy atom. The third-order valence-corrected chi connectivity index (χ3v) is 19.2. The van der Waals surface area contributed by atoms with Crippen molar-refractivity contribution in [3.63, 3.8) is 0 Å². The largest absolute Gasteiger partial charge is 0.756 e. The Balaban J connectivity index is 3.88. The average molecular weight is 1280 g/mol. The molecule has 0 aromatic heterocycles. The molecule has 0 aliphatic carbocycles. The van der Waals surface area contributed by atoms with Crippen molar-refractivity contribution in [2.45, 2.75) is 424 Å². The number of likely N-dealkylation sites (N-methyl/N-ethyl adjacent to an activating group) is 1. The van der Waals surface area contributed by atoms with Crippen molar-refractivity contribution >= 4 is 19.8 Å². The highest BCUT2D eigenvalue weighted by atomic mass is 31.2. The molecule has 0 aromatic carbocycles. The number of ether oxygens (including phenoxy) is 2. The summed E-state index contributed by atoms with van der Waals surface area (Å²) < 4.78 is 34.4. The number of carbonyl (C=O) groups is 2. The van der Waals surface area contributed by atoms with Crippen LogP contribution in [0.2, 0.25) is 0 Å². The highest BCUT2D eigenvalue weighted by molar-refractivity contribution is 7.45. The highest BCUT2D eigenvalue weighted by Crippen LogP contribution is 2.38. The molecule has 0 saturated carbocycles. The number of esters is 2. The maximum Gasteiger partial charge on any atom is 0.306 e. The maximum atomic E-state index is 12.9. The minimum absolute atomic E-state index is 0.0272. The molecule has 0 bridgehead atoms. The van der Waals surface area contributed by atoms with Gasteiger partial charge >= 0.3 is 11.9 Å². The van der Waals surface area contributed by atoms with Crippen LogP contribution >= 0.6 is 7.82 Å². The van der Waals surface area contributed by atoms with Crippen molar-refractivity contribution in [3.05, 3.63) is 24.3 Å². The van der Waals surface area contributed by atoms with Crippen molar-refractivity contribution in [2.24, 2.45) is 0 Å². The Bertz CT molecular complexity index is 1550. The molecule has 0 radical (unpaired) electrons. The Morgan fingerprint density at radius 2 is 0.607 bits per heavy atom. The first kappa shape index (κ1) is 87.5. The monoisotopic (exact) mass is 1280 g/mol. The van der Waals surface area contributed by atoms with Gasteiger partial charge in [-0.05, 0) is 44.9 Å². The molecule has 0 aliphatic heterocycles. The lowest BCUT2D eigenvalue weighted by Crippen LogP contribution is -2.37. The molecule has 528 valence electrons. The van der Waals surface area contributed by atoms with Crippen molar-refractivity contribution in [2.75, 3.05) is 47.5 Å². The zero-order chi connectivity index (χ0) is 64.8. The second-order valence-electron chi connectivity index (χ2n) is 28.4. The van der Waals surface area contributed by atoms with Gasteiger partial charge in [-0.15, -0.1) is 0 Å². The van der Waals surface area contributed by atoms with Gasteiger partial charge in [0.2, 0.25) is 0 Å². The molecular weight excluding hydrogens is 1120 g/mol. The van der Waals surface area contributed by atoms with Crippen LogP contribution in [0.3, 0.4) is 0 Å². The van der Waals surface area contributed by atoms with E-state index in [1.807, 2.05) is 21.1 Å². The minimum Gasteiger partial charge on any atom is -0.756 e. The number of carbonyl (C=O) groups excluding carboxylic acids is 2. The van der Waals surface area contributed by atoms with Crippen LogP contribution < -0.4 is 4.89 Å². The molecule has 0 saturated heterocycles. The number of phosphoric acid groups is 1. The summed E-state index contributed by atoms with van der Waals surface area (Å²) in [6.45, 7) is 4.32. The average Bonchev–Trinajstić information content (AvgIpc) is 3.60. The highest BCUT2D eigenvalue weighted by Gasteiger charge is 2.22. The Labute approximate surface area is 555 Å². The van der Waals surface area contributed by atoms with Gasteiger partial charge in [-0.2, -0.15) is 0 Å². The second kappa shape index (κ2) is 70.8. The fourth-order valence-electron chi connectivity index (χ4n) is 12.2. The number of quaternary nitrogens is 1. The Kier molecular flexibility index (Phi) is 69.6. The summed E-state index contributed by atoms with van der Waals surface area (Å²) in [6.07, 6.45) is 90.2. The van der Waals surface area contributed by atoms with Crippen molar-refractivity contribution in [3.8, 4) is 0 Å². The summed E-state index contributed by atoms with van der Waals surface area (Å²) in [6, 6.07) is 0. The smallest absolute Gasteiger partial charge is 0.306 e. The molecule has 0 heterocycles. The van der Waals surface area contributed by atoms with Crippen molar-refractivity contribution in [1.82, 2.24) is 0 Å². The minimum atomic E-state index is -4.64. The summed E-state index contributed by atoms with van der Waals surface area (Å²) in [5.41, 5.74) is 0. The first-order chi connectivity index (χ1) is 43.5. The number of nitrogens with zero attached hydrogens (tertiary/aromatic N) is 1. The molecule has 0 rings (SSSR count). The molecule has 0 N–H and O–H groups in total. The third kappa shape index (κ3) is 75.4. The van der Waals surface area contributed by atoms with Gasteiger partial charge in [-0.25, -0.2) is 0 Å². The zero-order valence-corrected chi connectivity index (χ0v) is 61.3. The first-order valence-electron chi connectivity index (χ1n) is 39.5. The number of unbranched alkanes of at least 4 members (excludes halogenated alkanes) is 57. The van der Waals surface area contributed by atoms with Gasteiger partial charge in [0, 0.05) is 12.8 Å². The van der Waals surface area contributed by atoms with Gasteiger partial charge in [-0.1, -0.05) is 385 Å². The maximum absolute atomic E-state index is 12.9. The lowest BCUT2D eigenvalue weighted by molar-refractivity contribution is -0.870. The standard InChI is InChI=1S/C79H154NO8P/c1-6-8-10-12-14-16-18-20-22-24-26-28-30-32-34-35-36-37-38-39-40-41-42-43-44-46-47-49-51-53-55-57-59-61-63-65-67-69-71-78(81)85-75-77(76-87-89(83,84)86-74-73-80(3,4)5)88-79(82)72-70-68-66-64-62-60-58-56-54-52-50-48-45-33-31-29-27-25-23-21-19-17-15-13-11-9-7-2/h19,21,25,27,77H,6-18,20,22-24,26,28-76H2,1-5H3/b21-19-,27-25-. The molecule has 9 nitrogen and oxygen atoms in total. The summed E-state index contributed by atoms with van der Waals surface area (Å²) >= 11 is 0. The fraction of sp³-hybridized carbons (Fsp3) is 0.924. The molecular formula is C79H154NO8P. The zero-order valence-electron chi connectivity index (χ0n) is 60.4. The van der Waals surface area contributed by atoms with E-state index >= 15 is 0 Å². The normalized spacial score (nSPS) is 13.1. The van der Waals surface area contributed by atoms with E-state index in [1.54, 1.807) is 0 Å². The molecule has 10 heteroatoms. The SMILES string of the molecule is CCCCCCC/C=C\C/C=C\CCCCCCCCCCCCCCCCCC(=O)OC(COC(=O)CCCCCCCCCCCCCCCCCCCCCCCCCCCCCCCCCCCCCCCC)COP(=O)([O-])OCC[N+](C)(C)C. The summed E-state index contributed by atoms with van der Waals surface area (Å²) in [5, 5.41) is 0. The summed E-state index contributed by atoms with van der Waals surface area (Å²) in [5.74, 6) is -0.808. The Hall–Kier alpha value is -1.51. The number of phosphoric ester groups is 1. The number of hydrogen-bond donors (Lipinski definition) is 0. The predicted molar refractivity (Wildman–Crippen MR) is 384 cm³/mol. The molecule has 0 amide bonds. The van der Waals surface area contributed by atoms with Crippen LogP contribution in [0.5, 0.6) is 0 Å². The van der Waals surface area contributed by atoms with Crippen LogP contribution in [-0.2, 0) is 32.7 Å². The first-order valence-corrected chi connectivity index (χ1v) is 41.0. The molecule has 2 atom stereocenters. The quantitative estimate of drug-likeness (QED) is 0.0195. The Morgan fingerprint density at radius 1 is 0.348 bits per heavy atom. The fourth-order valence-corrected chi connectivity index (χ4v) is 12.9. The van der Waals surface area contributed by atoms with Gasteiger partial charge in [0.25, 0.3) is 7.82 Å². The molecule has 89 heavy (non-hydrogen) atoms. The van der Waals surface area contributed by atoms with Gasteiger partial charge in [0.15, 0.2) is 6.10 Å². The van der Waals surface area contributed by atoms with E-state index in [-0.39, 0.29) is 32.0 Å². The van der Waals surface area contributed by atoms with Crippen LogP contribution in [0, 0.1) is 0 Å². The molecule has 0 spiro atoms. The van der Waals surface area contributed by atoms with Crippen molar-refractivity contribution in [1.29, 1.82) is 0 Å². The second-order valence-corrected chi connectivity index (χ2v) is 29.9. The third-order valence-electron chi connectivity index (χ3n) is 18.2. The van der Waals surface area contributed by atoms with Crippen LogP contribution in [0.25, 0.3) is 0 Å². The van der Waals surface area contributed by atoms with E-state index in [9.17, 15) is 19.0 Å². The van der Waals surface area contributed by atoms with E-state index in [2.05, 4.69) is 38.2 Å². The van der Waals surface area contributed by atoms with Gasteiger partial charge < -0.3 is 27.9 Å².